The molecular formula is C13H16FN. The Morgan fingerprint density at radius 1 is 1.27 bits per heavy atom. The lowest BCUT2D eigenvalue weighted by molar-refractivity contribution is 0.235. The molecule has 1 unspecified atom stereocenters. The molecular weight excluding hydrogens is 189 g/mol. The van der Waals surface area contributed by atoms with Crippen LogP contribution in [-0.4, -0.2) is 6.04 Å². The summed E-state index contributed by atoms with van der Waals surface area (Å²) in [7, 11) is 0. The van der Waals surface area contributed by atoms with Crippen LogP contribution < -0.4 is 5.73 Å². The van der Waals surface area contributed by atoms with E-state index in [-0.39, 0.29) is 5.92 Å². The first-order chi connectivity index (χ1) is 7.16. The summed E-state index contributed by atoms with van der Waals surface area (Å²) in [6.45, 7) is 3.50. The van der Waals surface area contributed by atoms with Gasteiger partial charge in [0.2, 0.25) is 0 Å². The van der Waals surface area contributed by atoms with Gasteiger partial charge >= 0.3 is 0 Å². The van der Waals surface area contributed by atoms with Crippen LogP contribution in [0.4, 0.5) is 4.39 Å². The molecule has 0 spiro atoms. The third-order valence-electron chi connectivity index (χ3n) is 2.46. The highest BCUT2D eigenvalue weighted by Crippen LogP contribution is 2.27. The van der Waals surface area contributed by atoms with Crippen molar-refractivity contribution in [2.75, 3.05) is 0 Å². The summed E-state index contributed by atoms with van der Waals surface area (Å²) >= 11 is 0. The highest BCUT2D eigenvalue weighted by Gasteiger charge is 2.22. The van der Waals surface area contributed by atoms with Crippen LogP contribution in [0.25, 0.3) is 0 Å². The van der Waals surface area contributed by atoms with Crippen molar-refractivity contribution < 1.29 is 4.39 Å². The van der Waals surface area contributed by atoms with E-state index in [4.69, 9.17) is 5.73 Å². The van der Waals surface area contributed by atoms with Crippen molar-refractivity contribution >= 4 is 0 Å². The molecule has 0 heterocycles. The summed E-state index contributed by atoms with van der Waals surface area (Å²) in [6, 6.07) is 8.65. The monoisotopic (exact) mass is 205 g/mol. The number of alkyl halides is 1. The molecule has 1 rings (SSSR count). The Morgan fingerprint density at radius 2 is 1.87 bits per heavy atom. The molecule has 0 aliphatic heterocycles. The third-order valence-corrected chi connectivity index (χ3v) is 2.46. The van der Waals surface area contributed by atoms with Gasteiger partial charge in [0, 0.05) is 5.92 Å². The van der Waals surface area contributed by atoms with E-state index < -0.39 is 12.2 Å². The minimum atomic E-state index is -1.05. The average Bonchev–Trinajstić information content (AvgIpc) is 2.28. The van der Waals surface area contributed by atoms with Gasteiger partial charge in [-0.25, -0.2) is 4.39 Å². The molecule has 15 heavy (non-hydrogen) atoms. The predicted octanol–water partition coefficient (Wildman–Crippen LogP) is 2.68. The maximum Gasteiger partial charge on any atom is 0.130 e. The van der Waals surface area contributed by atoms with Gasteiger partial charge < -0.3 is 5.73 Å². The molecule has 2 N–H and O–H groups in total. The van der Waals surface area contributed by atoms with Gasteiger partial charge in [0.25, 0.3) is 0 Å². The van der Waals surface area contributed by atoms with Crippen LogP contribution in [0.3, 0.4) is 0 Å². The van der Waals surface area contributed by atoms with Crippen LogP contribution in [-0.2, 0) is 0 Å². The zero-order valence-corrected chi connectivity index (χ0v) is 9.07. The van der Waals surface area contributed by atoms with Gasteiger partial charge in [0.05, 0.1) is 6.04 Å². The number of nitrogens with two attached hydrogens (primary N) is 1. The maximum atomic E-state index is 14.0. The van der Waals surface area contributed by atoms with Gasteiger partial charge in [-0.15, -0.1) is 5.92 Å². The molecule has 0 radical (unpaired) electrons. The number of halogens is 1. The molecule has 1 nitrogen and oxygen atoms in total. The first-order valence-corrected chi connectivity index (χ1v) is 5.03. The number of hydrogen-bond acceptors (Lipinski definition) is 1. The average molecular weight is 205 g/mol. The summed E-state index contributed by atoms with van der Waals surface area (Å²) in [5.41, 5.74) is 6.42. The first kappa shape index (κ1) is 11.7. The molecule has 0 aromatic heterocycles. The highest BCUT2D eigenvalue weighted by molar-refractivity contribution is 5.20. The zero-order valence-electron chi connectivity index (χ0n) is 9.07. The number of benzene rings is 1. The first-order valence-electron chi connectivity index (χ1n) is 5.03. The van der Waals surface area contributed by atoms with E-state index in [0.29, 0.717) is 5.56 Å². The summed E-state index contributed by atoms with van der Waals surface area (Å²) in [5.74, 6) is 5.20. The number of hydrogen-bond donors (Lipinski definition) is 1. The smallest absolute Gasteiger partial charge is 0.130 e. The van der Waals surface area contributed by atoms with Crippen molar-refractivity contribution in [2.24, 2.45) is 11.7 Å². The maximum absolute atomic E-state index is 14.0. The molecule has 0 fully saturated rings. The van der Waals surface area contributed by atoms with Crippen molar-refractivity contribution in [2.45, 2.75) is 26.1 Å². The lowest BCUT2D eigenvalue weighted by Gasteiger charge is -2.19. The Hall–Kier alpha value is -1.33. The second-order valence-electron chi connectivity index (χ2n) is 3.59. The van der Waals surface area contributed by atoms with Crippen LogP contribution in [0.5, 0.6) is 0 Å². The van der Waals surface area contributed by atoms with Gasteiger partial charge in [-0.2, -0.15) is 0 Å². The van der Waals surface area contributed by atoms with Crippen LogP contribution in [0.1, 0.15) is 25.6 Å². The van der Waals surface area contributed by atoms with Gasteiger partial charge in [-0.05, 0) is 12.5 Å². The van der Waals surface area contributed by atoms with E-state index in [1.807, 2.05) is 18.2 Å². The largest absolute Gasteiger partial charge is 0.317 e. The number of rotatable bonds is 3. The SMILES string of the molecule is CC#CC(N)[C@@H](C)[C@@H](F)c1ccccc1. The fourth-order valence-electron chi connectivity index (χ4n) is 1.42. The second kappa shape index (κ2) is 5.53. The Kier molecular flexibility index (Phi) is 4.33. The van der Waals surface area contributed by atoms with Crippen LogP contribution >= 0.6 is 0 Å². The van der Waals surface area contributed by atoms with Crippen molar-refractivity contribution in [3.05, 3.63) is 35.9 Å². The Bertz CT molecular complexity index is 350. The van der Waals surface area contributed by atoms with E-state index >= 15 is 0 Å². The van der Waals surface area contributed by atoms with E-state index in [9.17, 15) is 4.39 Å². The summed E-state index contributed by atoms with van der Waals surface area (Å²) in [4.78, 5) is 0. The van der Waals surface area contributed by atoms with Crippen LogP contribution in [0.15, 0.2) is 30.3 Å². The molecule has 1 aromatic rings. The van der Waals surface area contributed by atoms with Crippen molar-refractivity contribution in [1.82, 2.24) is 0 Å². The fourth-order valence-corrected chi connectivity index (χ4v) is 1.42. The molecule has 0 saturated carbocycles. The molecule has 0 aliphatic rings. The third kappa shape index (κ3) is 3.07. The van der Waals surface area contributed by atoms with Crippen molar-refractivity contribution in [1.29, 1.82) is 0 Å². The lowest BCUT2D eigenvalue weighted by atomic mass is 9.93. The Balaban J connectivity index is 2.75. The van der Waals surface area contributed by atoms with E-state index in [0.717, 1.165) is 0 Å². The standard InChI is InChI=1S/C13H16FN/c1-3-7-12(15)10(2)13(14)11-8-5-4-6-9-11/h4-6,8-10,12-13H,15H2,1-2H3/t10-,12?,13-/m1/s1. The molecule has 0 aliphatic carbocycles. The fraction of sp³-hybridized carbons (Fsp3) is 0.385. The van der Waals surface area contributed by atoms with Crippen LogP contribution in [0.2, 0.25) is 0 Å². The van der Waals surface area contributed by atoms with Crippen LogP contribution in [0, 0.1) is 17.8 Å². The van der Waals surface area contributed by atoms with Crippen molar-refractivity contribution in [3.63, 3.8) is 0 Å². The summed E-state index contributed by atoms with van der Waals surface area (Å²) in [5, 5.41) is 0. The molecule has 0 saturated heterocycles. The van der Waals surface area contributed by atoms with Gasteiger partial charge in [0.1, 0.15) is 6.17 Å². The Morgan fingerprint density at radius 3 is 2.40 bits per heavy atom. The van der Waals surface area contributed by atoms with Gasteiger partial charge in [-0.1, -0.05) is 43.2 Å². The van der Waals surface area contributed by atoms with Crippen molar-refractivity contribution in [3.8, 4) is 11.8 Å². The van der Waals surface area contributed by atoms with Gasteiger partial charge in [-0.3, -0.25) is 0 Å². The van der Waals surface area contributed by atoms with E-state index in [1.54, 1.807) is 26.0 Å². The molecule has 3 atom stereocenters. The minimum absolute atomic E-state index is 0.292. The molecule has 0 bridgehead atoms. The topological polar surface area (TPSA) is 26.0 Å². The second-order valence-corrected chi connectivity index (χ2v) is 3.59. The quantitative estimate of drug-likeness (QED) is 0.754. The highest BCUT2D eigenvalue weighted by atomic mass is 19.1. The van der Waals surface area contributed by atoms with Gasteiger partial charge in [0.15, 0.2) is 0 Å². The molecule has 2 heteroatoms. The van der Waals surface area contributed by atoms with E-state index in [1.165, 1.54) is 0 Å². The lowest BCUT2D eigenvalue weighted by Crippen LogP contribution is -2.29. The summed E-state index contributed by atoms with van der Waals surface area (Å²) in [6.07, 6.45) is -1.05. The molecule has 1 aromatic carbocycles. The molecule has 0 amide bonds. The normalized spacial score (nSPS) is 16.0. The zero-order chi connectivity index (χ0) is 11.3. The molecule has 80 valence electrons. The van der Waals surface area contributed by atoms with E-state index in [2.05, 4.69) is 11.8 Å². The Labute approximate surface area is 90.5 Å². The predicted molar refractivity (Wildman–Crippen MR) is 60.9 cm³/mol. The minimum Gasteiger partial charge on any atom is -0.317 e. The summed E-state index contributed by atoms with van der Waals surface area (Å²) < 4.78 is 14.0.